The largest absolute Gasteiger partial charge is 0.496 e. The van der Waals surface area contributed by atoms with E-state index in [4.69, 9.17) is 4.74 Å². The summed E-state index contributed by atoms with van der Waals surface area (Å²) in [5.41, 5.74) is 3.43. The van der Waals surface area contributed by atoms with Crippen molar-refractivity contribution in [1.29, 1.82) is 0 Å². The maximum atomic E-state index is 5.58. The molecule has 1 aromatic carbocycles. The van der Waals surface area contributed by atoms with Gasteiger partial charge in [-0.15, -0.1) is 0 Å². The van der Waals surface area contributed by atoms with Gasteiger partial charge in [-0.05, 0) is 25.1 Å². The Balaban J connectivity index is 2.03. The lowest BCUT2D eigenvalue weighted by Crippen LogP contribution is -2.22. The molecule has 0 aliphatic carbocycles. The van der Waals surface area contributed by atoms with Crippen molar-refractivity contribution in [3.05, 3.63) is 59.4 Å². The Morgan fingerprint density at radius 3 is 2.86 bits per heavy atom. The second-order valence-corrected chi connectivity index (χ2v) is 5.51. The highest BCUT2D eigenvalue weighted by Crippen LogP contribution is 2.34. The van der Waals surface area contributed by atoms with Gasteiger partial charge in [0.15, 0.2) is 0 Å². The first-order valence-corrected chi connectivity index (χ1v) is 7.60. The van der Waals surface area contributed by atoms with Crippen LogP contribution in [0.2, 0.25) is 0 Å². The Labute approximate surface area is 131 Å². The third kappa shape index (κ3) is 3.11. The van der Waals surface area contributed by atoms with E-state index in [0.29, 0.717) is 0 Å². The van der Waals surface area contributed by atoms with Crippen LogP contribution in [0.25, 0.3) is 0 Å². The van der Waals surface area contributed by atoms with Crippen molar-refractivity contribution < 1.29 is 4.74 Å². The smallest absolute Gasteiger partial charge is 0.122 e. The number of hydrogen-bond acceptors (Lipinski definition) is 4. The first kappa shape index (κ1) is 14.6. The molecule has 0 fully saturated rings. The van der Waals surface area contributed by atoms with Gasteiger partial charge in [-0.3, -0.25) is 9.98 Å². The van der Waals surface area contributed by atoms with Crippen molar-refractivity contribution in [2.45, 2.75) is 19.3 Å². The lowest BCUT2D eigenvalue weighted by molar-refractivity contribution is 0.407. The summed E-state index contributed by atoms with van der Waals surface area (Å²) in [4.78, 5) is 9.11. The van der Waals surface area contributed by atoms with Gasteiger partial charge in [0, 0.05) is 36.3 Å². The van der Waals surface area contributed by atoms with Crippen molar-refractivity contribution in [1.82, 2.24) is 10.3 Å². The number of aliphatic imine (C=N–C) groups is 1. The highest BCUT2D eigenvalue weighted by atomic mass is 16.5. The molecule has 4 heteroatoms. The number of benzene rings is 1. The minimum absolute atomic E-state index is 0.139. The van der Waals surface area contributed by atoms with E-state index in [2.05, 4.69) is 40.4 Å². The van der Waals surface area contributed by atoms with Gasteiger partial charge in [0.2, 0.25) is 0 Å². The molecule has 0 amide bonds. The number of pyridine rings is 1. The molecule has 0 radical (unpaired) electrons. The van der Waals surface area contributed by atoms with Crippen LogP contribution in [0.15, 0.2) is 47.6 Å². The Hall–Kier alpha value is -2.36. The molecule has 0 saturated heterocycles. The summed E-state index contributed by atoms with van der Waals surface area (Å²) < 4.78 is 5.58. The second kappa shape index (κ2) is 6.60. The maximum absolute atomic E-state index is 5.58. The van der Waals surface area contributed by atoms with Crippen molar-refractivity contribution in [3.63, 3.8) is 0 Å². The predicted octanol–water partition coefficient (Wildman–Crippen LogP) is 2.92. The normalized spacial score (nSPS) is 15.1. The second-order valence-electron chi connectivity index (χ2n) is 5.51. The van der Waals surface area contributed by atoms with E-state index in [1.807, 2.05) is 24.4 Å². The minimum Gasteiger partial charge on any atom is -0.496 e. The van der Waals surface area contributed by atoms with Gasteiger partial charge in [0.25, 0.3) is 0 Å². The number of hydrogen-bond donors (Lipinski definition) is 1. The molecule has 0 saturated carbocycles. The van der Waals surface area contributed by atoms with E-state index in [0.717, 1.165) is 42.4 Å². The lowest BCUT2D eigenvalue weighted by Gasteiger charge is -2.20. The average Bonchev–Trinajstić information content (AvgIpc) is 3.06. The third-order valence-electron chi connectivity index (χ3n) is 3.95. The number of aryl methyl sites for hydroxylation is 1. The Morgan fingerprint density at radius 1 is 1.27 bits per heavy atom. The number of amidine groups is 1. The van der Waals surface area contributed by atoms with Crippen LogP contribution in [-0.4, -0.2) is 31.0 Å². The first-order chi connectivity index (χ1) is 10.8. The number of rotatable bonds is 5. The lowest BCUT2D eigenvalue weighted by atomic mass is 9.89. The van der Waals surface area contributed by atoms with Crippen molar-refractivity contribution in [2.75, 3.05) is 20.2 Å². The zero-order valence-corrected chi connectivity index (χ0v) is 13.0. The molecule has 4 nitrogen and oxygen atoms in total. The summed E-state index contributed by atoms with van der Waals surface area (Å²) in [7, 11) is 1.72. The van der Waals surface area contributed by atoms with Gasteiger partial charge in [0.1, 0.15) is 5.75 Å². The van der Waals surface area contributed by atoms with Gasteiger partial charge in [0.05, 0.1) is 19.5 Å². The highest BCUT2D eigenvalue weighted by molar-refractivity contribution is 5.84. The molecule has 1 aliphatic rings. The van der Waals surface area contributed by atoms with Gasteiger partial charge >= 0.3 is 0 Å². The summed E-state index contributed by atoms with van der Waals surface area (Å²) in [6.45, 7) is 3.88. The van der Waals surface area contributed by atoms with E-state index in [9.17, 15) is 0 Å². The molecular weight excluding hydrogens is 274 g/mol. The SMILES string of the molecule is COc1ccc(C)cc1C(CC1=NCCN1)c1ccccn1. The third-order valence-corrected chi connectivity index (χ3v) is 3.95. The number of methoxy groups -OCH3 is 1. The fourth-order valence-electron chi connectivity index (χ4n) is 2.86. The zero-order chi connectivity index (χ0) is 15.4. The fourth-order valence-corrected chi connectivity index (χ4v) is 2.86. The van der Waals surface area contributed by atoms with Crippen LogP contribution in [0.5, 0.6) is 5.75 Å². The van der Waals surface area contributed by atoms with E-state index in [1.54, 1.807) is 7.11 Å². The standard InChI is InChI=1S/C18H21N3O/c1-13-6-7-17(22-2)15(11-13)14(12-18-20-9-10-21-18)16-5-3-4-8-19-16/h3-8,11,14H,9-10,12H2,1-2H3,(H,20,21). The Kier molecular flexibility index (Phi) is 4.37. The van der Waals surface area contributed by atoms with E-state index < -0.39 is 0 Å². The van der Waals surface area contributed by atoms with Crippen LogP contribution in [0.1, 0.15) is 29.2 Å². The van der Waals surface area contributed by atoms with Crippen LogP contribution >= 0.6 is 0 Å². The Bertz CT molecular complexity index is 667. The molecule has 0 spiro atoms. The van der Waals surface area contributed by atoms with Gasteiger partial charge in [-0.1, -0.05) is 23.8 Å². The van der Waals surface area contributed by atoms with E-state index >= 15 is 0 Å². The molecule has 3 rings (SSSR count). The topological polar surface area (TPSA) is 46.5 Å². The van der Waals surface area contributed by atoms with E-state index in [-0.39, 0.29) is 5.92 Å². The molecule has 1 N–H and O–H groups in total. The van der Waals surface area contributed by atoms with Crippen LogP contribution in [0.4, 0.5) is 0 Å². The van der Waals surface area contributed by atoms with Crippen LogP contribution in [-0.2, 0) is 0 Å². The van der Waals surface area contributed by atoms with Crippen molar-refractivity contribution in [3.8, 4) is 5.75 Å². The van der Waals surface area contributed by atoms with Gasteiger partial charge < -0.3 is 10.1 Å². The summed E-state index contributed by atoms with van der Waals surface area (Å²) in [6, 6.07) is 12.3. The van der Waals surface area contributed by atoms with Gasteiger partial charge in [-0.2, -0.15) is 0 Å². The number of aromatic nitrogens is 1. The van der Waals surface area contributed by atoms with E-state index in [1.165, 1.54) is 5.56 Å². The summed E-state index contributed by atoms with van der Waals surface area (Å²) in [5, 5.41) is 3.36. The molecular formula is C18H21N3O. The van der Waals surface area contributed by atoms with Crippen molar-refractivity contribution in [2.24, 2.45) is 4.99 Å². The fraction of sp³-hybridized carbons (Fsp3) is 0.333. The predicted molar refractivity (Wildman–Crippen MR) is 88.7 cm³/mol. The molecule has 22 heavy (non-hydrogen) atoms. The molecule has 1 aliphatic heterocycles. The first-order valence-electron chi connectivity index (χ1n) is 7.60. The average molecular weight is 295 g/mol. The molecule has 2 heterocycles. The van der Waals surface area contributed by atoms with Crippen LogP contribution < -0.4 is 10.1 Å². The van der Waals surface area contributed by atoms with Crippen LogP contribution in [0, 0.1) is 6.92 Å². The number of nitrogens with zero attached hydrogens (tertiary/aromatic N) is 2. The Morgan fingerprint density at radius 2 is 2.18 bits per heavy atom. The van der Waals surface area contributed by atoms with Gasteiger partial charge in [-0.25, -0.2) is 0 Å². The molecule has 1 atom stereocenters. The van der Waals surface area contributed by atoms with Crippen molar-refractivity contribution >= 4 is 5.84 Å². The summed E-state index contributed by atoms with van der Waals surface area (Å²) in [5.74, 6) is 2.10. The molecule has 1 unspecified atom stereocenters. The minimum atomic E-state index is 0.139. The molecule has 114 valence electrons. The van der Waals surface area contributed by atoms with Crippen LogP contribution in [0.3, 0.4) is 0 Å². The highest BCUT2D eigenvalue weighted by Gasteiger charge is 2.22. The molecule has 2 aromatic rings. The maximum Gasteiger partial charge on any atom is 0.122 e. The number of ether oxygens (including phenoxy) is 1. The zero-order valence-electron chi connectivity index (χ0n) is 13.0. The summed E-state index contributed by atoms with van der Waals surface area (Å²) in [6.07, 6.45) is 2.66. The quantitative estimate of drug-likeness (QED) is 0.922. The molecule has 0 bridgehead atoms. The summed E-state index contributed by atoms with van der Waals surface area (Å²) >= 11 is 0. The monoisotopic (exact) mass is 295 g/mol. The number of nitrogens with one attached hydrogen (secondary N) is 1. The molecule has 1 aromatic heterocycles.